The van der Waals surface area contributed by atoms with E-state index in [0.29, 0.717) is 35.3 Å². The number of amides is 1. The fraction of sp³-hybridized carbons (Fsp3) is 0.0556. The summed E-state index contributed by atoms with van der Waals surface area (Å²) in [7, 11) is 0. The van der Waals surface area contributed by atoms with E-state index < -0.39 is 11.5 Å². The Kier molecular flexibility index (Phi) is 5.80. The molecule has 3 aromatic heterocycles. The molecule has 8 nitrogen and oxygen atoms in total. The first-order chi connectivity index (χ1) is 14.3. The number of benzene rings is 1. The molecular formula is C18H10Br3ClN6O2. The van der Waals surface area contributed by atoms with Gasteiger partial charge in [0.25, 0.3) is 11.5 Å². The summed E-state index contributed by atoms with van der Waals surface area (Å²) in [6.07, 6.45) is 1.54. The zero-order chi connectivity index (χ0) is 21.6. The third-order valence-electron chi connectivity index (χ3n) is 4.12. The zero-order valence-corrected chi connectivity index (χ0v) is 20.5. The van der Waals surface area contributed by atoms with Crippen LogP contribution in [0, 0.1) is 6.92 Å². The normalized spacial score (nSPS) is 11.1. The average molecular weight is 617 g/mol. The van der Waals surface area contributed by atoms with E-state index in [9.17, 15) is 9.59 Å². The van der Waals surface area contributed by atoms with Gasteiger partial charge < -0.3 is 0 Å². The molecule has 0 aliphatic rings. The van der Waals surface area contributed by atoms with Crippen LogP contribution in [0.4, 0.5) is 0 Å². The number of carbonyl (C=O) groups excluding carboxylic acids is 1. The SMILES string of the molecule is Cc1nc2c(Br)cc(Br)cc2c(=O)n1NC(=O)c1cc(Br)nn1-c1ncccc1Cl. The van der Waals surface area contributed by atoms with Crippen molar-refractivity contribution in [3.8, 4) is 5.82 Å². The lowest BCUT2D eigenvalue weighted by Crippen LogP contribution is -2.36. The van der Waals surface area contributed by atoms with Gasteiger partial charge in [0.2, 0.25) is 0 Å². The zero-order valence-electron chi connectivity index (χ0n) is 15.0. The highest BCUT2D eigenvalue weighted by molar-refractivity contribution is 9.11. The average Bonchev–Trinajstić information content (AvgIpc) is 3.08. The number of nitrogens with one attached hydrogen (secondary N) is 1. The third-order valence-corrected chi connectivity index (χ3v) is 5.87. The number of pyridine rings is 1. The first-order valence-electron chi connectivity index (χ1n) is 8.32. The standard InChI is InChI=1S/C18H10Br3ClN6O2/c1-8-24-15-10(5-9(19)6-11(15)20)18(30)27(8)26-17(29)13-7-14(21)25-28(13)16-12(22)3-2-4-23-16/h2-7H,1H3,(H,26,29). The predicted molar refractivity (Wildman–Crippen MR) is 124 cm³/mol. The molecule has 0 atom stereocenters. The highest BCUT2D eigenvalue weighted by atomic mass is 79.9. The number of aromatic nitrogens is 5. The van der Waals surface area contributed by atoms with Crippen LogP contribution in [-0.4, -0.2) is 30.3 Å². The molecule has 0 unspecified atom stereocenters. The van der Waals surface area contributed by atoms with Gasteiger partial charge >= 0.3 is 0 Å². The quantitative estimate of drug-likeness (QED) is 0.363. The molecule has 4 aromatic rings. The molecule has 30 heavy (non-hydrogen) atoms. The number of carbonyl (C=O) groups is 1. The van der Waals surface area contributed by atoms with Crippen molar-refractivity contribution in [1.29, 1.82) is 0 Å². The van der Waals surface area contributed by atoms with E-state index in [0.717, 1.165) is 4.68 Å². The van der Waals surface area contributed by atoms with E-state index >= 15 is 0 Å². The Bertz CT molecular complexity index is 1380. The molecular weight excluding hydrogens is 607 g/mol. The lowest BCUT2D eigenvalue weighted by Gasteiger charge is -2.13. The number of halogens is 4. The summed E-state index contributed by atoms with van der Waals surface area (Å²) < 4.78 is 4.16. The van der Waals surface area contributed by atoms with E-state index in [-0.39, 0.29) is 11.5 Å². The second-order valence-electron chi connectivity index (χ2n) is 6.10. The van der Waals surface area contributed by atoms with Crippen LogP contribution < -0.4 is 11.0 Å². The molecule has 0 saturated heterocycles. The summed E-state index contributed by atoms with van der Waals surface area (Å²) in [4.78, 5) is 34.7. The van der Waals surface area contributed by atoms with Crippen LogP contribution in [0.1, 0.15) is 16.3 Å². The molecule has 0 saturated carbocycles. The molecule has 1 aromatic carbocycles. The Morgan fingerprint density at radius 1 is 1.20 bits per heavy atom. The lowest BCUT2D eigenvalue weighted by atomic mass is 10.2. The molecule has 3 heterocycles. The molecule has 0 radical (unpaired) electrons. The minimum absolute atomic E-state index is 0.129. The van der Waals surface area contributed by atoms with E-state index in [2.05, 4.69) is 68.3 Å². The van der Waals surface area contributed by atoms with Gasteiger partial charge in [0.1, 0.15) is 16.1 Å². The van der Waals surface area contributed by atoms with Gasteiger partial charge in [-0.3, -0.25) is 15.0 Å². The van der Waals surface area contributed by atoms with Gasteiger partial charge in [0.15, 0.2) is 5.82 Å². The van der Waals surface area contributed by atoms with Crippen LogP contribution >= 0.6 is 59.4 Å². The maximum Gasteiger partial charge on any atom is 0.289 e. The fourth-order valence-electron chi connectivity index (χ4n) is 2.82. The van der Waals surface area contributed by atoms with Crippen molar-refractivity contribution in [2.45, 2.75) is 6.92 Å². The van der Waals surface area contributed by atoms with Crippen molar-refractivity contribution in [2.24, 2.45) is 0 Å². The Hall–Kier alpha value is -2.08. The van der Waals surface area contributed by atoms with E-state index in [1.54, 1.807) is 31.2 Å². The van der Waals surface area contributed by atoms with Crippen LogP contribution in [0.15, 0.2) is 54.9 Å². The number of aryl methyl sites for hydroxylation is 1. The van der Waals surface area contributed by atoms with Gasteiger partial charge in [-0.25, -0.2) is 19.3 Å². The van der Waals surface area contributed by atoms with Crippen molar-refractivity contribution < 1.29 is 4.79 Å². The largest absolute Gasteiger partial charge is 0.289 e. The maximum atomic E-state index is 13.0. The predicted octanol–water partition coefficient (Wildman–Crippen LogP) is 4.61. The summed E-state index contributed by atoms with van der Waals surface area (Å²) in [5, 5.41) is 4.89. The van der Waals surface area contributed by atoms with E-state index in [1.165, 1.54) is 16.9 Å². The molecule has 4 rings (SSSR count). The summed E-state index contributed by atoms with van der Waals surface area (Å²) in [6, 6.07) is 8.25. The van der Waals surface area contributed by atoms with Gasteiger partial charge in [0, 0.05) is 21.2 Å². The number of hydrogen-bond acceptors (Lipinski definition) is 5. The van der Waals surface area contributed by atoms with Crippen LogP contribution in [0.5, 0.6) is 0 Å². The Labute approximate surface area is 199 Å². The van der Waals surface area contributed by atoms with Crippen molar-refractivity contribution in [3.63, 3.8) is 0 Å². The lowest BCUT2D eigenvalue weighted by molar-refractivity contribution is 0.0998. The summed E-state index contributed by atoms with van der Waals surface area (Å²) in [5.74, 6) is 0.00351. The van der Waals surface area contributed by atoms with Gasteiger partial charge in [-0.15, -0.1) is 0 Å². The number of fused-ring (bicyclic) bond motifs is 1. The minimum Gasteiger partial charge on any atom is -0.267 e. The van der Waals surface area contributed by atoms with Crippen molar-refractivity contribution >= 4 is 76.2 Å². The smallest absolute Gasteiger partial charge is 0.267 e. The Morgan fingerprint density at radius 2 is 1.97 bits per heavy atom. The summed E-state index contributed by atoms with van der Waals surface area (Å²) >= 11 is 16.2. The van der Waals surface area contributed by atoms with E-state index in [1.807, 2.05) is 0 Å². The van der Waals surface area contributed by atoms with Crippen LogP contribution in [-0.2, 0) is 0 Å². The van der Waals surface area contributed by atoms with Crippen LogP contribution in [0.3, 0.4) is 0 Å². The third kappa shape index (κ3) is 3.82. The molecule has 0 aliphatic carbocycles. The topological polar surface area (TPSA) is 94.7 Å². The van der Waals surface area contributed by atoms with Crippen LogP contribution in [0.25, 0.3) is 16.7 Å². The first-order valence-corrected chi connectivity index (χ1v) is 11.1. The molecule has 12 heteroatoms. The van der Waals surface area contributed by atoms with Crippen LogP contribution in [0.2, 0.25) is 5.02 Å². The molecule has 0 aliphatic heterocycles. The molecule has 152 valence electrons. The fourth-order valence-corrected chi connectivity index (χ4v) is 4.71. The summed E-state index contributed by atoms with van der Waals surface area (Å²) in [5.41, 5.74) is 2.79. The molecule has 0 spiro atoms. The highest BCUT2D eigenvalue weighted by Gasteiger charge is 2.21. The van der Waals surface area contributed by atoms with Crippen molar-refractivity contribution in [2.75, 3.05) is 5.43 Å². The van der Waals surface area contributed by atoms with Gasteiger partial charge in [-0.2, -0.15) is 5.10 Å². The number of hydrogen-bond donors (Lipinski definition) is 1. The Morgan fingerprint density at radius 3 is 2.70 bits per heavy atom. The van der Waals surface area contributed by atoms with Crippen molar-refractivity contribution in [1.82, 2.24) is 24.4 Å². The second kappa shape index (κ2) is 8.22. The van der Waals surface area contributed by atoms with Crippen molar-refractivity contribution in [3.05, 3.63) is 77.0 Å². The van der Waals surface area contributed by atoms with Gasteiger partial charge in [-0.05, 0) is 63.0 Å². The molecule has 1 N–H and O–H groups in total. The minimum atomic E-state index is -0.588. The second-order valence-corrected chi connectivity index (χ2v) is 9.09. The van der Waals surface area contributed by atoms with E-state index in [4.69, 9.17) is 11.6 Å². The Balaban J connectivity index is 1.80. The maximum absolute atomic E-state index is 13.0. The highest BCUT2D eigenvalue weighted by Crippen LogP contribution is 2.25. The monoisotopic (exact) mass is 614 g/mol. The summed E-state index contributed by atoms with van der Waals surface area (Å²) in [6.45, 7) is 1.62. The molecule has 0 fully saturated rings. The number of rotatable bonds is 3. The van der Waals surface area contributed by atoms with Gasteiger partial charge in [-0.1, -0.05) is 27.5 Å². The first kappa shape index (κ1) is 21.2. The molecule has 0 bridgehead atoms. The van der Waals surface area contributed by atoms with Gasteiger partial charge in [0.05, 0.1) is 15.9 Å². The number of nitrogens with zero attached hydrogens (tertiary/aromatic N) is 5. The molecule has 1 amide bonds.